The topological polar surface area (TPSA) is 33.1 Å². The highest BCUT2D eigenvalue weighted by atomic mass is 15.2. The van der Waals surface area contributed by atoms with Crippen LogP contribution in [-0.2, 0) is 0 Å². The zero-order chi connectivity index (χ0) is 15.6. The van der Waals surface area contributed by atoms with Crippen LogP contribution in [0.2, 0.25) is 0 Å². The zero-order valence-corrected chi connectivity index (χ0v) is 14.2. The Morgan fingerprint density at radius 3 is 2.78 bits per heavy atom. The van der Waals surface area contributed by atoms with Crippen LogP contribution in [-0.4, -0.2) is 47.2 Å². The summed E-state index contributed by atoms with van der Waals surface area (Å²) in [6.07, 6.45) is 5.25. The molecule has 2 aliphatic rings. The summed E-state index contributed by atoms with van der Waals surface area (Å²) >= 11 is 0. The van der Waals surface area contributed by atoms with Gasteiger partial charge in [-0.2, -0.15) is 0 Å². The van der Waals surface area contributed by atoms with Crippen molar-refractivity contribution in [1.29, 1.82) is 0 Å². The molecule has 1 aromatic carbocycles. The van der Waals surface area contributed by atoms with E-state index in [2.05, 4.69) is 46.0 Å². The minimum Gasteiger partial charge on any atom is -0.325 e. The molecule has 0 saturated carbocycles. The highest BCUT2D eigenvalue weighted by Crippen LogP contribution is 2.29. The Morgan fingerprint density at radius 1 is 1.17 bits per heavy atom. The van der Waals surface area contributed by atoms with E-state index < -0.39 is 0 Å². The second-order valence-corrected chi connectivity index (χ2v) is 7.26. The van der Waals surface area contributed by atoms with Gasteiger partial charge in [-0.15, -0.1) is 0 Å². The maximum atomic E-state index is 4.74. The third kappa shape index (κ3) is 3.15. The normalized spacial score (nSPS) is 24.3. The SMILES string of the molecule is Cc1nc2ccccc2n1C1CCN(CC2CCCNC2)CC1. The molecule has 4 rings (SSSR count). The first-order chi connectivity index (χ1) is 11.3. The van der Waals surface area contributed by atoms with Crippen LogP contribution >= 0.6 is 0 Å². The predicted octanol–water partition coefficient (Wildman–Crippen LogP) is 2.98. The lowest BCUT2D eigenvalue weighted by Gasteiger charge is -2.36. The Hall–Kier alpha value is -1.39. The molecule has 1 unspecified atom stereocenters. The smallest absolute Gasteiger partial charge is 0.106 e. The van der Waals surface area contributed by atoms with Gasteiger partial charge in [-0.1, -0.05) is 12.1 Å². The molecule has 4 heteroatoms. The van der Waals surface area contributed by atoms with Gasteiger partial charge in [0.15, 0.2) is 0 Å². The molecule has 0 aliphatic carbocycles. The standard InChI is InChI=1S/C19H28N4/c1-15-21-18-6-2-3-7-19(18)23(15)17-8-11-22(12-9-17)14-16-5-4-10-20-13-16/h2-3,6-7,16-17,20H,4-5,8-14H2,1H3. The molecule has 1 aromatic heterocycles. The largest absolute Gasteiger partial charge is 0.325 e. The summed E-state index contributed by atoms with van der Waals surface area (Å²) in [7, 11) is 0. The first-order valence-electron chi connectivity index (χ1n) is 9.18. The van der Waals surface area contributed by atoms with Crippen molar-refractivity contribution in [2.75, 3.05) is 32.7 Å². The van der Waals surface area contributed by atoms with Crippen molar-refractivity contribution in [2.45, 2.75) is 38.6 Å². The Kier molecular flexibility index (Phi) is 4.36. The molecule has 0 spiro atoms. The fourth-order valence-corrected chi connectivity index (χ4v) is 4.43. The van der Waals surface area contributed by atoms with E-state index in [-0.39, 0.29) is 0 Å². The van der Waals surface area contributed by atoms with E-state index in [4.69, 9.17) is 4.98 Å². The maximum Gasteiger partial charge on any atom is 0.106 e. The van der Waals surface area contributed by atoms with E-state index >= 15 is 0 Å². The zero-order valence-electron chi connectivity index (χ0n) is 14.2. The highest BCUT2D eigenvalue weighted by molar-refractivity contribution is 5.76. The number of hydrogen-bond acceptors (Lipinski definition) is 3. The van der Waals surface area contributed by atoms with Gasteiger partial charge in [0, 0.05) is 25.7 Å². The van der Waals surface area contributed by atoms with Gasteiger partial charge < -0.3 is 14.8 Å². The van der Waals surface area contributed by atoms with Crippen molar-refractivity contribution in [1.82, 2.24) is 19.8 Å². The van der Waals surface area contributed by atoms with Gasteiger partial charge in [-0.3, -0.25) is 0 Å². The summed E-state index contributed by atoms with van der Waals surface area (Å²) in [6.45, 7) is 8.32. The number of benzene rings is 1. The molecule has 23 heavy (non-hydrogen) atoms. The number of fused-ring (bicyclic) bond motifs is 1. The van der Waals surface area contributed by atoms with Crippen LogP contribution in [0, 0.1) is 12.8 Å². The average molecular weight is 312 g/mol. The molecule has 1 N–H and O–H groups in total. The Balaban J connectivity index is 1.41. The van der Waals surface area contributed by atoms with Crippen molar-refractivity contribution in [2.24, 2.45) is 5.92 Å². The first-order valence-corrected chi connectivity index (χ1v) is 9.18. The van der Waals surface area contributed by atoms with E-state index in [0.29, 0.717) is 6.04 Å². The van der Waals surface area contributed by atoms with Gasteiger partial charge in [-0.25, -0.2) is 4.98 Å². The van der Waals surface area contributed by atoms with Crippen molar-refractivity contribution < 1.29 is 0 Å². The quantitative estimate of drug-likeness (QED) is 0.946. The van der Waals surface area contributed by atoms with E-state index in [1.165, 1.54) is 69.7 Å². The summed E-state index contributed by atoms with van der Waals surface area (Å²) in [5.74, 6) is 2.03. The van der Waals surface area contributed by atoms with Crippen molar-refractivity contribution in [3.8, 4) is 0 Å². The second-order valence-electron chi connectivity index (χ2n) is 7.26. The first kappa shape index (κ1) is 15.2. The number of rotatable bonds is 3. The molecule has 2 fully saturated rings. The summed E-state index contributed by atoms with van der Waals surface area (Å²) in [5, 5.41) is 3.54. The third-order valence-electron chi connectivity index (χ3n) is 5.61. The molecule has 2 saturated heterocycles. The molecule has 0 amide bonds. The van der Waals surface area contributed by atoms with Crippen LogP contribution in [0.15, 0.2) is 24.3 Å². The molecule has 2 aromatic rings. The van der Waals surface area contributed by atoms with Crippen molar-refractivity contribution >= 4 is 11.0 Å². The van der Waals surface area contributed by atoms with Crippen LogP contribution in [0.3, 0.4) is 0 Å². The second kappa shape index (κ2) is 6.62. The number of aromatic nitrogens is 2. The predicted molar refractivity (Wildman–Crippen MR) is 94.8 cm³/mol. The fourth-order valence-electron chi connectivity index (χ4n) is 4.43. The van der Waals surface area contributed by atoms with Crippen molar-refractivity contribution in [3.05, 3.63) is 30.1 Å². The van der Waals surface area contributed by atoms with Gasteiger partial charge in [-0.05, 0) is 63.7 Å². The summed E-state index contributed by atoms with van der Waals surface area (Å²) < 4.78 is 2.48. The van der Waals surface area contributed by atoms with Gasteiger partial charge in [0.25, 0.3) is 0 Å². The lowest BCUT2D eigenvalue weighted by atomic mass is 9.97. The number of piperidine rings is 2. The number of nitrogens with one attached hydrogen (secondary N) is 1. The summed E-state index contributed by atoms with van der Waals surface area (Å²) in [5.41, 5.74) is 2.45. The van der Waals surface area contributed by atoms with E-state index in [1.807, 2.05) is 0 Å². The number of hydrogen-bond donors (Lipinski definition) is 1. The molecule has 1 atom stereocenters. The molecule has 0 radical (unpaired) electrons. The number of nitrogens with zero attached hydrogens (tertiary/aromatic N) is 3. The molecular weight excluding hydrogens is 284 g/mol. The van der Waals surface area contributed by atoms with Gasteiger partial charge in [0.05, 0.1) is 11.0 Å². The number of imidazole rings is 1. The summed E-state index contributed by atoms with van der Waals surface area (Å²) in [4.78, 5) is 7.43. The molecule has 4 nitrogen and oxygen atoms in total. The van der Waals surface area contributed by atoms with Crippen molar-refractivity contribution in [3.63, 3.8) is 0 Å². The fraction of sp³-hybridized carbons (Fsp3) is 0.632. The van der Waals surface area contributed by atoms with Crippen LogP contribution in [0.25, 0.3) is 11.0 Å². The van der Waals surface area contributed by atoms with Crippen LogP contribution in [0.4, 0.5) is 0 Å². The van der Waals surface area contributed by atoms with E-state index in [9.17, 15) is 0 Å². The van der Waals surface area contributed by atoms with Gasteiger partial charge in [0.1, 0.15) is 5.82 Å². The van der Waals surface area contributed by atoms with Crippen LogP contribution in [0.1, 0.15) is 37.5 Å². The maximum absolute atomic E-state index is 4.74. The number of likely N-dealkylation sites (tertiary alicyclic amines) is 1. The Labute approximate surface area is 138 Å². The minimum atomic E-state index is 0.614. The molecule has 3 heterocycles. The third-order valence-corrected chi connectivity index (χ3v) is 5.61. The molecule has 0 bridgehead atoms. The van der Waals surface area contributed by atoms with Gasteiger partial charge >= 0.3 is 0 Å². The lowest BCUT2D eigenvalue weighted by Crippen LogP contribution is -2.42. The van der Waals surface area contributed by atoms with Crippen LogP contribution < -0.4 is 5.32 Å². The van der Waals surface area contributed by atoms with Gasteiger partial charge in [0.2, 0.25) is 0 Å². The highest BCUT2D eigenvalue weighted by Gasteiger charge is 2.25. The molecule has 124 valence electrons. The Morgan fingerprint density at radius 2 is 2.00 bits per heavy atom. The molecule has 2 aliphatic heterocycles. The average Bonchev–Trinajstić information content (AvgIpc) is 2.92. The Bertz CT molecular complexity index is 648. The monoisotopic (exact) mass is 312 g/mol. The minimum absolute atomic E-state index is 0.614. The number of para-hydroxylation sites is 2. The lowest BCUT2D eigenvalue weighted by molar-refractivity contribution is 0.152. The van der Waals surface area contributed by atoms with E-state index in [0.717, 1.165) is 11.4 Å². The van der Waals surface area contributed by atoms with Crippen LogP contribution in [0.5, 0.6) is 0 Å². The summed E-state index contributed by atoms with van der Waals surface area (Å²) in [6, 6.07) is 9.17. The molecular formula is C19H28N4. The number of aryl methyl sites for hydroxylation is 1. The van der Waals surface area contributed by atoms with E-state index in [1.54, 1.807) is 0 Å².